The van der Waals surface area contributed by atoms with Crippen molar-refractivity contribution >= 4 is 5.91 Å². The Bertz CT molecular complexity index is 472. The van der Waals surface area contributed by atoms with E-state index in [1.807, 2.05) is 6.92 Å². The number of ether oxygens (including phenoxy) is 3. The van der Waals surface area contributed by atoms with Gasteiger partial charge in [0.25, 0.3) is 5.91 Å². The summed E-state index contributed by atoms with van der Waals surface area (Å²) in [6.45, 7) is 2.04. The monoisotopic (exact) mass is 279 g/mol. The Hall–Kier alpha value is -1.91. The van der Waals surface area contributed by atoms with Crippen LogP contribution in [0.15, 0.2) is 12.1 Å². The highest BCUT2D eigenvalue weighted by atomic mass is 16.5. The van der Waals surface area contributed by atoms with E-state index < -0.39 is 0 Å². The summed E-state index contributed by atoms with van der Waals surface area (Å²) in [5.41, 5.74) is 0.506. The summed E-state index contributed by atoms with van der Waals surface area (Å²) in [6.07, 6.45) is 2.38. The molecule has 0 spiro atoms. The molecule has 1 saturated carbocycles. The maximum absolute atomic E-state index is 12.3. The van der Waals surface area contributed by atoms with Gasteiger partial charge in [-0.05, 0) is 37.8 Å². The van der Waals surface area contributed by atoms with E-state index in [0.717, 1.165) is 0 Å². The number of rotatable bonds is 6. The number of amides is 1. The Balaban J connectivity index is 2.24. The van der Waals surface area contributed by atoms with Crippen LogP contribution in [0.4, 0.5) is 0 Å². The van der Waals surface area contributed by atoms with Crippen LogP contribution in [0.5, 0.6) is 17.2 Å². The summed E-state index contributed by atoms with van der Waals surface area (Å²) in [5, 5.41) is 3.01. The summed E-state index contributed by atoms with van der Waals surface area (Å²) in [5.74, 6) is 1.94. The van der Waals surface area contributed by atoms with Gasteiger partial charge in [0.15, 0.2) is 11.5 Å². The highest BCUT2D eigenvalue weighted by molar-refractivity contribution is 5.95. The normalized spacial score (nSPS) is 15.4. The van der Waals surface area contributed by atoms with Gasteiger partial charge in [0.05, 0.1) is 21.3 Å². The maximum Gasteiger partial charge on any atom is 0.251 e. The molecule has 1 aliphatic rings. The van der Waals surface area contributed by atoms with Crippen molar-refractivity contribution in [2.24, 2.45) is 5.92 Å². The molecule has 0 radical (unpaired) electrons. The Kier molecular flexibility index (Phi) is 4.37. The number of hydrogen-bond donors (Lipinski definition) is 1. The number of carbonyl (C=O) groups excluding carboxylic acids is 1. The molecule has 20 heavy (non-hydrogen) atoms. The molecule has 5 heteroatoms. The van der Waals surface area contributed by atoms with E-state index in [-0.39, 0.29) is 11.9 Å². The van der Waals surface area contributed by atoms with Crippen molar-refractivity contribution in [3.05, 3.63) is 17.7 Å². The molecule has 1 aliphatic carbocycles. The van der Waals surface area contributed by atoms with Crippen molar-refractivity contribution in [3.8, 4) is 17.2 Å². The molecule has 0 bridgehead atoms. The fourth-order valence-electron chi connectivity index (χ4n) is 2.22. The molecule has 0 unspecified atom stereocenters. The molecule has 5 nitrogen and oxygen atoms in total. The van der Waals surface area contributed by atoms with Crippen molar-refractivity contribution in [1.82, 2.24) is 5.32 Å². The lowest BCUT2D eigenvalue weighted by atomic mass is 10.1. The van der Waals surface area contributed by atoms with Crippen LogP contribution in [-0.4, -0.2) is 33.3 Å². The second-order valence-electron chi connectivity index (χ2n) is 5.01. The predicted molar refractivity (Wildman–Crippen MR) is 75.8 cm³/mol. The molecule has 1 atom stereocenters. The molecule has 1 aromatic rings. The Morgan fingerprint density at radius 2 is 1.70 bits per heavy atom. The zero-order chi connectivity index (χ0) is 14.7. The van der Waals surface area contributed by atoms with Gasteiger partial charge in [-0.25, -0.2) is 0 Å². The lowest BCUT2D eigenvalue weighted by Crippen LogP contribution is -2.34. The first-order valence-corrected chi connectivity index (χ1v) is 6.71. The van der Waals surface area contributed by atoms with E-state index in [1.165, 1.54) is 34.2 Å². The third kappa shape index (κ3) is 2.98. The van der Waals surface area contributed by atoms with E-state index in [0.29, 0.717) is 28.7 Å². The zero-order valence-electron chi connectivity index (χ0n) is 12.4. The average molecular weight is 279 g/mol. The van der Waals surface area contributed by atoms with Gasteiger partial charge in [-0.15, -0.1) is 0 Å². The molecule has 110 valence electrons. The van der Waals surface area contributed by atoms with E-state index in [1.54, 1.807) is 12.1 Å². The Morgan fingerprint density at radius 1 is 1.15 bits per heavy atom. The summed E-state index contributed by atoms with van der Waals surface area (Å²) in [6, 6.07) is 3.52. The van der Waals surface area contributed by atoms with Gasteiger partial charge < -0.3 is 19.5 Å². The van der Waals surface area contributed by atoms with E-state index >= 15 is 0 Å². The number of benzene rings is 1. The first-order valence-electron chi connectivity index (χ1n) is 6.71. The number of nitrogens with one attached hydrogen (secondary N) is 1. The van der Waals surface area contributed by atoms with Crippen LogP contribution in [0.3, 0.4) is 0 Å². The standard InChI is InChI=1S/C15H21NO4/c1-9(10-5-6-10)16-15(17)11-7-12(18-2)14(20-4)13(8-11)19-3/h7-10H,5-6H2,1-4H3,(H,16,17)/t9-/m1/s1. The van der Waals surface area contributed by atoms with E-state index in [2.05, 4.69) is 5.32 Å². The smallest absolute Gasteiger partial charge is 0.251 e. The Morgan fingerprint density at radius 3 is 2.10 bits per heavy atom. The van der Waals surface area contributed by atoms with Crippen LogP contribution >= 0.6 is 0 Å². The van der Waals surface area contributed by atoms with E-state index in [4.69, 9.17) is 14.2 Å². The van der Waals surface area contributed by atoms with Crippen LogP contribution in [0.1, 0.15) is 30.1 Å². The molecule has 1 aromatic carbocycles. The first kappa shape index (κ1) is 14.5. The molecular weight excluding hydrogens is 258 g/mol. The minimum atomic E-state index is -0.122. The summed E-state index contributed by atoms with van der Waals surface area (Å²) in [4.78, 5) is 12.3. The highest BCUT2D eigenvalue weighted by Gasteiger charge is 2.29. The van der Waals surface area contributed by atoms with Gasteiger partial charge in [-0.1, -0.05) is 0 Å². The second kappa shape index (κ2) is 6.03. The van der Waals surface area contributed by atoms with Crippen LogP contribution in [-0.2, 0) is 0 Å². The van der Waals surface area contributed by atoms with Gasteiger partial charge >= 0.3 is 0 Å². The van der Waals surface area contributed by atoms with Crippen LogP contribution in [0.25, 0.3) is 0 Å². The fourth-order valence-corrected chi connectivity index (χ4v) is 2.22. The van der Waals surface area contributed by atoms with Gasteiger partial charge in [-0.2, -0.15) is 0 Å². The average Bonchev–Trinajstić information content (AvgIpc) is 3.29. The maximum atomic E-state index is 12.3. The predicted octanol–water partition coefficient (Wildman–Crippen LogP) is 2.24. The lowest BCUT2D eigenvalue weighted by molar-refractivity contribution is 0.0935. The summed E-state index contributed by atoms with van der Waals surface area (Å²) in [7, 11) is 4.60. The van der Waals surface area contributed by atoms with Gasteiger partial charge in [-0.3, -0.25) is 4.79 Å². The fraction of sp³-hybridized carbons (Fsp3) is 0.533. The van der Waals surface area contributed by atoms with Crippen molar-refractivity contribution in [3.63, 3.8) is 0 Å². The quantitative estimate of drug-likeness (QED) is 0.867. The van der Waals surface area contributed by atoms with Crippen LogP contribution in [0.2, 0.25) is 0 Å². The molecule has 0 aromatic heterocycles. The van der Waals surface area contributed by atoms with Gasteiger partial charge in [0.1, 0.15) is 0 Å². The van der Waals surface area contributed by atoms with Crippen molar-refractivity contribution < 1.29 is 19.0 Å². The SMILES string of the molecule is COc1cc(C(=O)N[C@H](C)C2CC2)cc(OC)c1OC. The minimum Gasteiger partial charge on any atom is -0.493 e. The third-order valence-corrected chi connectivity index (χ3v) is 3.61. The van der Waals surface area contributed by atoms with Crippen molar-refractivity contribution in [1.29, 1.82) is 0 Å². The molecular formula is C15H21NO4. The summed E-state index contributed by atoms with van der Waals surface area (Å²) < 4.78 is 15.7. The number of carbonyl (C=O) groups is 1. The zero-order valence-corrected chi connectivity index (χ0v) is 12.4. The second-order valence-corrected chi connectivity index (χ2v) is 5.01. The first-order chi connectivity index (χ1) is 9.60. The topological polar surface area (TPSA) is 56.8 Å². The number of methoxy groups -OCH3 is 3. The van der Waals surface area contributed by atoms with Crippen LogP contribution < -0.4 is 19.5 Å². The molecule has 1 N–H and O–H groups in total. The van der Waals surface area contributed by atoms with Crippen molar-refractivity contribution in [2.45, 2.75) is 25.8 Å². The Labute approximate surface area is 119 Å². The molecule has 1 amide bonds. The number of hydrogen-bond acceptors (Lipinski definition) is 4. The molecule has 1 fully saturated rings. The molecule has 0 saturated heterocycles. The third-order valence-electron chi connectivity index (χ3n) is 3.61. The van der Waals surface area contributed by atoms with Gasteiger partial charge in [0, 0.05) is 11.6 Å². The lowest BCUT2D eigenvalue weighted by Gasteiger charge is -2.16. The highest BCUT2D eigenvalue weighted by Crippen LogP contribution is 2.38. The molecule has 0 heterocycles. The largest absolute Gasteiger partial charge is 0.493 e. The molecule has 2 rings (SSSR count). The minimum absolute atomic E-state index is 0.122. The summed E-state index contributed by atoms with van der Waals surface area (Å²) >= 11 is 0. The van der Waals surface area contributed by atoms with Gasteiger partial charge in [0.2, 0.25) is 5.75 Å². The van der Waals surface area contributed by atoms with E-state index in [9.17, 15) is 4.79 Å². The molecule has 0 aliphatic heterocycles. The van der Waals surface area contributed by atoms with Crippen molar-refractivity contribution in [2.75, 3.05) is 21.3 Å². The van der Waals surface area contributed by atoms with Crippen LogP contribution in [0, 0.1) is 5.92 Å².